The number of rotatable bonds is 2. The van der Waals surface area contributed by atoms with E-state index < -0.39 is 10.9 Å². The molecule has 2 unspecified atom stereocenters. The minimum atomic E-state index is -2.15. The number of benzene rings is 1. The molecule has 0 amide bonds. The monoisotopic (exact) mass is 283 g/mol. The molecule has 0 saturated carbocycles. The summed E-state index contributed by atoms with van der Waals surface area (Å²) in [6.45, 7) is -0.208. The summed E-state index contributed by atoms with van der Waals surface area (Å²) in [5.74, 6) is -2.49. The summed E-state index contributed by atoms with van der Waals surface area (Å²) in [6, 6.07) is 7.11. The van der Waals surface area contributed by atoms with E-state index in [2.05, 4.69) is 6.07 Å². The smallest absolute Gasteiger partial charge is 0.278 e. The van der Waals surface area contributed by atoms with E-state index in [1.54, 1.807) is 6.08 Å². The highest BCUT2D eigenvalue weighted by Gasteiger charge is 2.57. The van der Waals surface area contributed by atoms with Crippen LogP contribution in [0.15, 0.2) is 42.0 Å². The first kappa shape index (κ1) is 12.8. The van der Waals surface area contributed by atoms with Gasteiger partial charge < -0.3 is 9.47 Å². The van der Waals surface area contributed by atoms with Gasteiger partial charge in [0.05, 0.1) is 0 Å². The zero-order chi connectivity index (χ0) is 13.5. The second-order valence-electron chi connectivity index (χ2n) is 4.46. The summed E-state index contributed by atoms with van der Waals surface area (Å²) in [6.07, 6.45) is 4.64. The Balaban J connectivity index is 1.86. The van der Waals surface area contributed by atoms with Gasteiger partial charge in [-0.05, 0) is 47.9 Å². The molecular weight excluding hydrogens is 274 g/mol. The van der Waals surface area contributed by atoms with Gasteiger partial charge in [0.25, 0.3) is 5.85 Å². The number of allylic oxidation sites excluding steroid dienone is 2. The van der Waals surface area contributed by atoms with Gasteiger partial charge in [-0.3, -0.25) is 0 Å². The quantitative estimate of drug-likeness (QED) is 0.776. The van der Waals surface area contributed by atoms with Crippen LogP contribution in [0.25, 0.3) is 0 Å². The summed E-state index contributed by atoms with van der Waals surface area (Å²) in [5.41, 5.74) is 1.37. The summed E-state index contributed by atoms with van der Waals surface area (Å²) >= 11 is 6.07. The van der Waals surface area contributed by atoms with Crippen LogP contribution in [0, 0.1) is 11.9 Å². The fourth-order valence-corrected chi connectivity index (χ4v) is 2.42. The third-order valence-corrected chi connectivity index (χ3v) is 3.58. The average molecular weight is 284 g/mol. The molecule has 2 nitrogen and oxygen atoms in total. The third-order valence-electron chi connectivity index (χ3n) is 3.10. The SMILES string of the molecule is Fc1cc[c]c(CC2=CC3(Cl)OCOC3(F)C=C2)c1. The summed E-state index contributed by atoms with van der Waals surface area (Å²) < 4.78 is 37.3. The van der Waals surface area contributed by atoms with Crippen molar-refractivity contribution >= 4 is 11.6 Å². The van der Waals surface area contributed by atoms with E-state index in [4.69, 9.17) is 21.1 Å². The Labute approximate surface area is 114 Å². The highest BCUT2D eigenvalue weighted by molar-refractivity contribution is 6.25. The topological polar surface area (TPSA) is 18.5 Å². The fraction of sp³-hybridized carbons (Fsp3) is 0.286. The average Bonchev–Trinajstić information content (AvgIpc) is 2.65. The Morgan fingerprint density at radius 2 is 2.26 bits per heavy atom. The van der Waals surface area contributed by atoms with Crippen molar-refractivity contribution in [3.63, 3.8) is 0 Å². The summed E-state index contributed by atoms with van der Waals surface area (Å²) in [5, 5.41) is -1.65. The van der Waals surface area contributed by atoms with Crippen molar-refractivity contribution in [2.24, 2.45) is 0 Å². The Kier molecular flexibility index (Phi) is 2.96. The van der Waals surface area contributed by atoms with Crippen LogP contribution in [-0.4, -0.2) is 17.7 Å². The first-order valence-electron chi connectivity index (χ1n) is 5.74. The molecular formula is C14H10ClF2O2. The lowest BCUT2D eigenvalue weighted by molar-refractivity contribution is -0.0741. The molecule has 99 valence electrons. The lowest BCUT2D eigenvalue weighted by Crippen LogP contribution is -2.42. The fourth-order valence-electron chi connectivity index (χ4n) is 2.12. The van der Waals surface area contributed by atoms with Gasteiger partial charge in [0, 0.05) is 0 Å². The normalized spacial score (nSPS) is 33.1. The zero-order valence-electron chi connectivity index (χ0n) is 9.83. The van der Waals surface area contributed by atoms with Gasteiger partial charge in [-0.2, -0.15) is 0 Å². The summed E-state index contributed by atoms with van der Waals surface area (Å²) in [7, 11) is 0. The summed E-state index contributed by atoms with van der Waals surface area (Å²) in [4.78, 5) is 0. The third kappa shape index (κ3) is 2.20. The number of ether oxygens (including phenoxy) is 2. The van der Waals surface area contributed by atoms with Gasteiger partial charge in [-0.1, -0.05) is 23.7 Å². The molecule has 1 aromatic carbocycles. The van der Waals surface area contributed by atoms with Crippen LogP contribution in [0.1, 0.15) is 5.56 Å². The molecule has 1 aromatic rings. The van der Waals surface area contributed by atoms with Crippen LogP contribution in [0.5, 0.6) is 0 Å². The maximum Gasteiger partial charge on any atom is 0.278 e. The highest BCUT2D eigenvalue weighted by atomic mass is 35.5. The zero-order valence-corrected chi connectivity index (χ0v) is 10.6. The second-order valence-corrected chi connectivity index (χ2v) is 5.02. The number of fused-ring (bicyclic) bond motifs is 1. The second kappa shape index (κ2) is 4.40. The number of hydrogen-bond acceptors (Lipinski definition) is 2. The van der Waals surface area contributed by atoms with Crippen molar-refractivity contribution in [2.45, 2.75) is 17.3 Å². The first-order chi connectivity index (χ1) is 9.01. The Morgan fingerprint density at radius 1 is 1.42 bits per heavy atom. The first-order valence-corrected chi connectivity index (χ1v) is 6.11. The molecule has 0 bridgehead atoms. The van der Waals surface area contributed by atoms with Gasteiger partial charge in [-0.25, -0.2) is 8.78 Å². The van der Waals surface area contributed by atoms with Crippen LogP contribution in [0.2, 0.25) is 0 Å². The Hall–Kier alpha value is -1.23. The number of hydrogen-bond donors (Lipinski definition) is 0. The van der Waals surface area contributed by atoms with E-state index in [1.165, 1.54) is 30.4 Å². The minimum Gasteiger partial charge on any atom is -0.324 e. The highest BCUT2D eigenvalue weighted by Crippen LogP contribution is 2.46. The molecule has 19 heavy (non-hydrogen) atoms. The molecule has 0 aromatic heterocycles. The van der Waals surface area contributed by atoms with Gasteiger partial charge in [0.15, 0.2) is 6.79 Å². The van der Waals surface area contributed by atoms with Crippen LogP contribution in [0.4, 0.5) is 8.78 Å². The molecule has 0 N–H and O–H groups in total. The van der Waals surface area contributed by atoms with Gasteiger partial charge in [-0.15, -0.1) is 0 Å². The Bertz CT molecular complexity index is 572. The predicted octanol–water partition coefficient (Wildman–Crippen LogP) is 3.27. The van der Waals surface area contributed by atoms with Crippen molar-refractivity contribution in [3.05, 3.63) is 59.4 Å². The standard InChI is InChI=1S/C14H10ClF2O2/c15-13-8-11(4-5-14(13,17)19-9-18-13)6-10-2-1-3-12(16)7-10/h1,3-5,7-8H,6,9H2. The van der Waals surface area contributed by atoms with E-state index in [1.807, 2.05) is 0 Å². The molecule has 0 spiro atoms. The maximum absolute atomic E-state index is 14.2. The maximum atomic E-state index is 14.2. The van der Waals surface area contributed by atoms with E-state index in [-0.39, 0.29) is 12.6 Å². The largest absolute Gasteiger partial charge is 0.324 e. The molecule has 5 heteroatoms. The number of halogens is 3. The Morgan fingerprint density at radius 3 is 3.05 bits per heavy atom. The van der Waals surface area contributed by atoms with Crippen molar-refractivity contribution in [1.82, 2.24) is 0 Å². The van der Waals surface area contributed by atoms with Gasteiger partial charge in [0.1, 0.15) is 5.82 Å². The molecule has 1 aliphatic heterocycles. The number of alkyl halides is 2. The predicted molar refractivity (Wildman–Crippen MR) is 65.6 cm³/mol. The van der Waals surface area contributed by atoms with E-state index in [0.29, 0.717) is 12.0 Å². The van der Waals surface area contributed by atoms with E-state index >= 15 is 0 Å². The molecule has 1 aliphatic carbocycles. The van der Waals surface area contributed by atoms with Crippen molar-refractivity contribution in [1.29, 1.82) is 0 Å². The molecule has 2 atom stereocenters. The van der Waals surface area contributed by atoms with Crippen molar-refractivity contribution in [3.8, 4) is 0 Å². The molecule has 1 saturated heterocycles. The van der Waals surface area contributed by atoms with Gasteiger partial charge >= 0.3 is 0 Å². The van der Waals surface area contributed by atoms with Crippen LogP contribution in [-0.2, 0) is 15.9 Å². The van der Waals surface area contributed by atoms with Crippen LogP contribution in [0.3, 0.4) is 0 Å². The molecule has 1 heterocycles. The van der Waals surface area contributed by atoms with Crippen molar-refractivity contribution < 1.29 is 18.3 Å². The molecule has 3 rings (SSSR count). The lowest BCUT2D eigenvalue weighted by Gasteiger charge is -2.30. The van der Waals surface area contributed by atoms with Gasteiger partial charge in [0.2, 0.25) is 5.06 Å². The van der Waals surface area contributed by atoms with Crippen LogP contribution >= 0.6 is 11.6 Å². The van der Waals surface area contributed by atoms with E-state index in [0.717, 1.165) is 5.57 Å². The van der Waals surface area contributed by atoms with Crippen LogP contribution < -0.4 is 0 Å². The molecule has 1 fully saturated rings. The van der Waals surface area contributed by atoms with Crippen molar-refractivity contribution in [2.75, 3.05) is 6.79 Å². The van der Waals surface area contributed by atoms with E-state index in [9.17, 15) is 8.78 Å². The lowest BCUT2D eigenvalue weighted by atomic mass is 9.95. The molecule has 1 radical (unpaired) electrons. The minimum absolute atomic E-state index is 0.208. The molecule has 2 aliphatic rings.